The lowest BCUT2D eigenvalue weighted by molar-refractivity contribution is 1.02. The highest BCUT2D eigenvalue weighted by molar-refractivity contribution is 5.64. The summed E-state index contributed by atoms with van der Waals surface area (Å²) in [4.78, 5) is 4.11. The second-order valence-corrected chi connectivity index (χ2v) is 2.17. The summed E-state index contributed by atoms with van der Waals surface area (Å²) in [6.45, 7) is 1.90. The zero-order chi connectivity index (χ0) is 6.81. The fourth-order valence-electron chi connectivity index (χ4n) is 1.00. The molecule has 0 atom stereocenters. The van der Waals surface area contributed by atoms with Gasteiger partial charge in [0.2, 0.25) is 0 Å². The van der Waals surface area contributed by atoms with Crippen LogP contribution in [0, 0.1) is 6.07 Å². The van der Waals surface area contributed by atoms with Crippen molar-refractivity contribution in [3.63, 3.8) is 0 Å². The van der Waals surface area contributed by atoms with Gasteiger partial charge in [-0.15, -0.1) is 0 Å². The Hall–Kier alpha value is -1.25. The third-order valence-corrected chi connectivity index (χ3v) is 1.46. The van der Waals surface area contributed by atoms with Crippen LogP contribution in [0.4, 0.5) is 11.5 Å². The summed E-state index contributed by atoms with van der Waals surface area (Å²) in [5.74, 6) is 0.911. The van der Waals surface area contributed by atoms with E-state index in [0.717, 1.165) is 24.6 Å². The van der Waals surface area contributed by atoms with Gasteiger partial charge in [0.15, 0.2) is 0 Å². The van der Waals surface area contributed by atoms with E-state index in [1.54, 1.807) is 12.3 Å². The summed E-state index contributed by atoms with van der Waals surface area (Å²) in [7, 11) is 0. The van der Waals surface area contributed by atoms with E-state index in [2.05, 4.69) is 21.7 Å². The van der Waals surface area contributed by atoms with Gasteiger partial charge in [0, 0.05) is 25.4 Å². The Morgan fingerprint density at radius 2 is 2.30 bits per heavy atom. The molecule has 0 aromatic carbocycles. The van der Waals surface area contributed by atoms with Gasteiger partial charge in [0.05, 0.1) is 5.69 Å². The summed E-state index contributed by atoms with van der Waals surface area (Å²) in [6, 6.07) is 4.86. The molecule has 51 valence electrons. The highest BCUT2D eigenvalue weighted by Gasteiger charge is 2.05. The molecule has 0 saturated carbocycles. The Morgan fingerprint density at radius 1 is 1.40 bits per heavy atom. The van der Waals surface area contributed by atoms with Gasteiger partial charge in [-0.25, -0.2) is 4.98 Å². The number of rotatable bonds is 0. The molecule has 0 fully saturated rings. The zero-order valence-corrected chi connectivity index (χ0v) is 5.52. The summed E-state index contributed by atoms with van der Waals surface area (Å²) < 4.78 is 0. The van der Waals surface area contributed by atoms with Gasteiger partial charge in [-0.3, -0.25) is 0 Å². The maximum absolute atomic E-state index is 4.11. The number of hydrogen-bond acceptors (Lipinski definition) is 3. The molecule has 2 N–H and O–H groups in total. The van der Waals surface area contributed by atoms with Crippen LogP contribution in [0.25, 0.3) is 0 Å². The predicted molar refractivity (Wildman–Crippen MR) is 40.1 cm³/mol. The smallest absolute Gasteiger partial charge is 0.150 e. The van der Waals surface area contributed by atoms with E-state index >= 15 is 0 Å². The molecule has 0 aliphatic carbocycles. The van der Waals surface area contributed by atoms with Crippen LogP contribution in [0.1, 0.15) is 0 Å². The average Bonchev–Trinajstić information content (AvgIpc) is 2.05. The van der Waals surface area contributed by atoms with Gasteiger partial charge in [0.25, 0.3) is 0 Å². The molecular formula is C7H8N3. The van der Waals surface area contributed by atoms with Crippen molar-refractivity contribution in [1.82, 2.24) is 4.98 Å². The second-order valence-electron chi connectivity index (χ2n) is 2.17. The van der Waals surface area contributed by atoms with Gasteiger partial charge in [-0.2, -0.15) is 0 Å². The monoisotopic (exact) mass is 134 g/mol. The number of aromatic nitrogens is 1. The zero-order valence-electron chi connectivity index (χ0n) is 5.52. The topological polar surface area (TPSA) is 37.0 Å². The third-order valence-electron chi connectivity index (χ3n) is 1.46. The summed E-state index contributed by atoms with van der Waals surface area (Å²) in [6.07, 6.45) is 1.73. The van der Waals surface area contributed by atoms with Crippen LogP contribution in [-0.2, 0) is 0 Å². The Bertz CT molecular complexity index is 209. The van der Waals surface area contributed by atoms with E-state index in [1.165, 1.54) is 0 Å². The highest BCUT2D eigenvalue weighted by Crippen LogP contribution is 2.18. The molecule has 2 rings (SSSR count). The van der Waals surface area contributed by atoms with Crippen LogP contribution in [0.2, 0.25) is 0 Å². The van der Waals surface area contributed by atoms with Crippen LogP contribution < -0.4 is 10.6 Å². The first-order chi connectivity index (χ1) is 4.97. The SMILES string of the molecule is [c]1ccnc2c1NCCN2. The van der Waals surface area contributed by atoms with Crippen molar-refractivity contribution in [2.75, 3.05) is 23.7 Å². The van der Waals surface area contributed by atoms with Crippen molar-refractivity contribution in [2.45, 2.75) is 0 Å². The lowest BCUT2D eigenvalue weighted by Gasteiger charge is -2.17. The average molecular weight is 134 g/mol. The van der Waals surface area contributed by atoms with Crippen molar-refractivity contribution in [1.29, 1.82) is 0 Å². The number of pyridine rings is 1. The normalized spacial score (nSPS) is 14.8. The van der Waals surface area contributed by atoms with E-state index in [1.807, 2.05) is 0 Å². The minimum atomic E-state index is 0.911. The quantitative estimate of drug-likeness (QED) is 0.549. The van der Waals surface area contributed by atoms with Gasteiger partial charge in [-0.05, 0) is 6.07 Å². The first kappa shape index (κ1) is 5.53. The van der Waals surface area contributed by atoms with Crippen LogP contribution in [0.3, 0.4) is 0 Å². The fraction of sp³-hybridized carbons (Fsp3) is 0.286. The minimum Gasteiger partial charge on any atom is -0.380 e. The predicted octanol–water partition coefficient (Wildman–Crippen LogP) is 0.719. The molecule has 1 aliphatic rings. The first-order valence-corrected chi connectivity index (χ1v) is 3.31. The minimum absolute atomic E-state index is 0.911. The molecule has 0 spiro atoms. The van der Waals surface area contributed by atoms with Crippen molar-refractivity contribution < 1.29 is 0 Å². The Labute approximate surface area is 59.5 Å². The number of nitrogens with one attached hydrogen (secondary N) is 2. The van der Waals surface area contributed by atoms with E-state index in [9.17, 15) is 0 Å². The molecule has 3 heteroatoms. The van der Waals surface area contributed by atoms with Gasteiger partial charge >= 0.3 is 0 Å². The third kappa shape index (κ3) is 0.795. The van der Waals surface area contributed by atoms with E-state index < -0.39 is 0 Å². The molecule has 10 heavy (non-hydrogen) atoms. The molecule has 0 saturated heterocycles. The van der Waals surface area contributed by atoms with E-state index in [0.29, 0.717) is 0 Å². The largest absolute Gasteiger partial charge is 0.380 e. The van der Waals surface area contributed by atoms with Crippen LogP contribution in [0.5, 0.6) is 0 Å². The van der Waals surface area contributed by atoms with Gasteiger partial charge < -0.3 is 10.6 Å². The van der Waals surface area contributed by atoms with Crippen molar-refractivity contribution >= 4 is 11.5 Å². The van der Waals surface area contributed by atoms with Crippen LogP contribution in [0.15, 0.2) is 12.3 Å². The lowest BCUT2D eigenvalue weighted by Crippen LogP contribution is -2.21. The second kappa shape index (κ2) is 2.17. The molecule has 1 aliphatic heterocycles. The van der Waals surface area contributed by atoms with E-state index in [4.69, 9.17) is 0 Å². The van der Waals surface area contributed by atoms with Crippen molar-refractivity contribution in [3.8, 4) is 0 Å². The molecule has 1 aromatic heterocycles. The van der Waals surface area contributed by atoms with Crippen molar-refractivity contribution in [3.05, 3.63) is 18.3 Å². The Morgan fingerprint density at radius 3 is 3.20 bits per heavy atom. The number of fused-ring (bicyclic) bond motifs is 1. The number of nitrogens with zero attached hydrogens (tertiary/aromatic N) is 1. The van der Waals surface area contributed by atoms with Crippen molar-refractivity contribution in [2.24, 2.45) is 0 Å². The first-order valence-electron chi connectivity index (χ1n) is 3.31. The number of anilines is 2. The standard InChI is InChI=1S/C7H8N3/c1-2-6-7(9-3-1)10-5-4-8-6/h1,3,8H,4-5H2,(H,9,10). The molecule has 1 radical (unpaired) electrons. The Balaban J connectivity index is 2.41. The maximum atomic E-state index is 4.11. The summed E-state index contributed by atoms with van der Waals surface area (Å²) >= 11 is 0. The summed E-state index contributed by atoms with van der Waals surface area (Å²) in [5.41, 5.74) is 0.980. The molecule has 2 heterocycles. The Kier molecular flexibility index (Phi) is 1.20. The summed E-state index contributed by atoms with van der Waals surface area (Å²) in [5, 5.41) is 6.34. The van der Waals surface area contributed by atoms with E-state index in [-0.39, 0.29) is 0 Å². The molecule has 0 unspecified atom stereocenters. The molecule has 3 nitrogen and oxygen atoms in total. The lowest BCUT2D eigenvalue weighted by atomic mass is 10.3. The van der Waals surface area contributed by atoms with Gasteiger partial charge in [0.1, 0.15) is 5.82 Å². The highest BCUT2D eigenvalue weighted by atomic mass is 15.1. The molecule has 0 amide bonds. The molecule has 0 bridgehead atoms. The van der Waals surface area contributed by atoms with Gasteiger partial charge in [-0.1, -0.05) is 0 Å². The fourth-order valence-corrected chi connectivity index (χ4v) is 1.00. The number of hydrogen-bond donors (Lipinski definition) is 2. The molecule has 1 aromatic rings. The van der Waals surface area contributed by atoms with Crippen LogP contribution in [-0.4, -0.2) is 18.1 Å². The van der Waals surface area contributed by atoms with Crippen LogP contribution >= 0.6 is 0 Å². The maximum Gasteiger partial charge on any atom is 0.150 e. The molecular weight excluding hydrogens is 126 g/mol.